The fourth-order valence-electron chi connectivity index (χ4n) is 3.77. The molecule has 4 rings (SSSR count). The van der Waals surface area contributed by atoms with E-state index >= 15 is 0 Å². The van der Waals surface area contributed by atoms with Gasteiger partial charge in [0.05, 0.1) is 25.5 Å². The van der Waals surface area contributed by atoms with Crippen LogP contribution < -0.4 is 19.7 Å². The van der Waals surface area contributed by atoms with E-state index in [1.54, 1.807) is 38.5 Å². The normalized spacial score (nSPS) is 13.6. The molecule has 0 aromatic heterocycles. The molecule has 0 bridgehead atoms. The van der Waals surface area contributed by atoms with Gasteiger partial charge in [-0.15, -0.1) is 0 Å². The zero-order valence-corrected chi connectivity index (χ0v) is 18.4. The predicted molar refractivity (Wildman–Crippen MR) is 125 cm³/mol. The quantitative estimate of drug-likeness (QED) is 0.576. The Kier molecular flexibility index (Phi) is 5.69. The second-order valence-electron chi connectivity index (χ2n) is 7.48. The Morgan fingerprint density at radius 2 is 1.50 bits per heavy atom. The molecule has 6 nitrogen and oxygen atoms in total. The zero-order chi connectivity index (χ0) is 22.8. The average molecular weight is 428 g/mol. The van der Waals surface area contributed by atoms with Crippen molar-refractivity contribution in [3.8, 4) is 11.5 Å². The predicted octanol–water partition coefficient (Wildman–Crippen LogP) is 4.72. The number of benzene rings is 3. The van der Waals surface area contributed by atoms with Gasteiger partial charge in [-0.3, -0.25) is 9.59 Å². The molecule has 0 spiro atoms. The number of rotatable bonds is 6. The molecular formula is C26H24N2O4. The number of hydrogen-bond acceptors (Lipinski definition) is 5. The number of carbonyl (C=O) groups excluding carboxylic acids is 2. The first-order chi connectivity index (χ1) is 15.5. The summed E-state index contributed by atoms with van der Waals surface area (Å²) in [6.45, 7) is 3.87. The summed E-state index contributed by atoms with van der Waals surface area (Å²) >= 11 is 0. The molecular weight excluding hydrogens is 404 g/mol. The van der Waals surface area contributed by atoms with Crippen LogP contribution in [0.25, 0.3) is 5.57 Å². The summed E-state index contributed by atoms with van der Waals surface area (Å²) in [6.07, 6.45) is 0. The smallest absolute Gasteiger partial charge is 0.282 e. The number of amides is 2. The van der Waals surface area contributed by atoms with Crippen LogP contribution in [0.5, 0.6) is 11.5 Å². The molecule has 1 aliphatic heterocycles. The number of anilines is 2. The molecule has 0 unspecified atom stereocenters. The van der Waals surface area contributed by atoms with Crippen molar-refractivity contribution in [1.82, 2.24) is 0 Å². The summed E-state index contributed by atoms with van der Waals surface area (Å²) in [5.74, 6) is 0.318. The third-order valence-corrected chi connectivity index (χ3v) is 5.62. The van der Waals surface area contributed by atoms with Crippen LogP contribution in [-0.4, -0.2) is 26.0 Å². The summed E-state index contributed by atoms with van der Waals surface area (Å²) in [5.41, 5.74) is 4.29. The number of aryl methyl sites for hydroxylation is 1. The van der Waals surface area contributed by atoms with E-state index in [-0.39, 0.29) is 11.6 Å². The summed E-state index contributed by atoms with van der Waals surface area (Å²) in [7, 11) is 3.10. The molecule has 0 saturated carbocycles. The first kappa shape index (κ1) is 21.2. The molecule has 1 aliphatic rings. The lowest BCUT2D eigenvalue weighted by molar-refractivity contribution is -0.120. The maximum atomic E-state index is 13.6. The lowest BCUT2D eigenvalue weighted by Crippen LogP contribution is -2.33. The van der Waals surface area contributed by atoms with Crippen molar-refractivity contribution in [2.45, 2.75) is 13.8 Å². The number of carbonyl (C=O) groups is 2. The molecule has 32 heavy (non-hydrogen) atoms. The second-order valence-corrected chi connectivity index (χ2v) is 7.48. The average Bonchev–Trinajstić information content (AvgIpc) is 3.05. The lowest BCUT2D eigenvalue weighted by atomic mass is 10.0. The molecule has 0 fully saturated rings. The highest BCUT2D eigenvalue weighted by Gasteiger charge is 2.40. The van der Waals surface area contributed by atoms with Crippen LogP contribution in [0.4, 0.5) is 11.4 Å². The van der Waals surface area contributed by atoms with Crippen molar-refractivity contribution in [2.75, 3.05) is 24.4 Å². The van der Waals surface area contributed by atoms with E-state index in [0.29, 0.717) is 34.0 Å². The lowest BCUT2D eigenvalue weighted by Gasteiger charge is -2.19. The van der Waals surface area contributed by atoms with Gasteiger partial charge in [0.15, 0.2) is 11.5 Å². The van der Waals surface area contributed by atoms with Gasteiger partial charge in [-0.25, -0.2) is 4.90 Å². The van der Waals surface area contributed by atoms with Crippen molar-refractivity contribution in [1.29, 1.82) is 0 Å². The van der Waals surface area contributed by atoms with Crippen LogP contribution in [-0.2, 0) is 9.59 Å². The number of methoxy groups -OCH3 is 2. The Balaban J connectivity index is 1.83. The van der Waals surface area contributed by atoms with Gasteiger partial charge in [-0.05, 0) is 48.7 Å². The fraction of sp³-hybridized carbons (Fsp3) is 0.154. The Labute approximate surface area is 187 Å². The van der Waals surface area contributed by atoms with E-state index in [0.717, 1.165) is 11.1 Å². The van der Waals surface area contributed by atoms with Gasteiger partial charge in [-0.2, -0.15) is 0 Å². The highest BCUT2D eigenvalue weighted by molar-refractivity contribution is 6.46. The van der Waals surface area contributed by atoms with Crippen LogP contribution in [0.2, 0.25) is 0 Å². The highest BCUT2D eigenvalue weighted by Crippen LogP contribution is 2.37. The number of ether oxygens (including phenoxy) is 2. The number of imide groups is 1. The number of nitrogens with zero attached hydrogens (tertiary/aromatic N) is 1. The van der Waals surface area contributed by atoms with Gasteiger partial charge in [0.1, 0.15) is 5.70 Å². The second kappa shape index (κ2) is 8.59. The van der Waals surface area contributed by atoms with E-state index < -0.39 is 5.91 Å². The largest absolute Gasteiger partial charge is 0.493 e. The van der Waals surface area contributed by atoms with Crippen molar-refractivity contribution >= 4 is 28.8 Å². The Morgan fingerprint density at radius 3 is 2.19 bits per heavy atom. The van der Waals surface area contributed by atoms with Gasteiger partial charge >= 0.3 is 0 Å². The molecule has 2 amide bonds. The molecule has 3 aromatic rings. The Hall–Kier alpha value is -4.06. The molecule has 0 aliphatic carbocycles. The first-order valence-corrected chi connectivity index (χ1v) is 10.2. The van der Waals surface area contributed by atoms with E-state index in [1.165, 1.54) is 4.90 Å². The fourth-order valence-corrected chi connectivity index (χ4v) is 3.77. The highest BCUT2D eigenvalue weighted by atomic mass is 16.5. The molecule has 162 valence electrons. The van der Waals surface area contributed by atoms with Crippen LogP contribution in [0.15, 0.2) is 72.4 Å². The number of hydrogen-bond donors (Lipinski definition) is 1. The van der Waals surface area contributed by atoms with Crippen molar-refractivity contribution in [3.63, 3.8) is 0 Å². The maximum absolute atomic E-state index is 13.6. The molecule has 0 radical (unpaired) electrons. The molecule has 1 heterocycles. The van der Waals surface area contributed by atoms with Crippen molar-refractivity contribution in [2.24, 2.45) is 0 Å². The van der Waals surface area contributed by atoms with Crippen LogP contribution in [0.1, 0.15) is 16.7 Å². The molecule has 6 heteroatoms. The standard InChI is InChI=1S/C26H24N2O4/c1-16-9-8-12-20(17(16)2)28-25(29)23(18-10-6-5-7-11-18)24(26(28)30)27-19-13-14-21(31-3)22(15-19)32-4/h5-15,27H,1-4H3. The molecule has 0 atom stereocenters. The summed E-state index contributed by atoms with van der Waals surface area (Å²) in [4.78, 5) is 28.4. The third kappa shape index (κ3) is 3.60. The summed E-state index contributed by atoms with van der Waals surface area (Å²) in [6, 6.07) is 20.0. The first-order valence-electron chi connectivity index (χ1n) is 10.2. The van der Waals surface area contributed by atoms with Gasteiger partial charge in [-0.1, -0.05) is 42.5 Å². The Bertz CT molecular complexity index is 1230. The van der Waals surface area contributed by atoms with Gasteiger partial charge in [0.25, 0.3) is 11.8 Å². The SMILES string of the molecule is COc1ccc(NC2=C(c3ccccc3)C(=O)N(c3cccc(C)c3C)C2=O)cc1OC. The van der Waals surface area contributed by atoms with Crippen LogP contribution in [0, 0.1) is 13.8 Å². The van der Waals surface area contributed by atoms with Gasteiger partial charge < -0.3 is 14.8 Å². The summed E-state index contributed by atoms with van der Waals surface area (Å²) < 4.78 is 10.7. The summed E-state index contributed by atoms with van der Waals surface area (Å²) in [5, 5.41) is 3.16. The molecule has 3 aromatic carbocycles. The number of nitrogens with one attached hydrogen (secondary N) is 1. The van der Waals surface area contributed by atoms with E-state index in [4.69, 9.17) is 9.47 Å². The topological polar surface area (TPSA) is 67.9 Å². The maximum Gasteiger partial charge on any atom is 0.282 e. The van der Waals surface area contributed by atoms with E-state index in [1.807, 2.05) is 56.3 Å². The minimum absolute atomic E-state index is 0.217. The van der Waals surface area contributed by atoms with Gasteiger partial charge in [0, 0.05) is 11.8 Å². The third-order valence-electron chi connectivity index (χ3n) is 5.62. The monoisotopic (exact) mass is 428 g/mol. The molecule has 0 saturated heterocycles. The van der Waals surface area contributed by atoms with Crippen molar-refractivity contribution in [3.05, 3.63) is 89.1 Å². The minimum Gasteiger partial charge on any atom is -0.493 e. The minimum atomic E-state index is -0.405. The molecule has 1 N–H and O–H groups in total. The Morgan fingerprint density at radius 1 is 0.781 bits per heavy atom. The van der Waals surface area contributed by atoms with Crippen LogP contribution in [0.3, 0.4) is 0 Å². The zero-order valence-electron chi connectivity index (χ0n) is 18.4. The van der Waals surface area contributed by atoms with E-state index in [2.05, 4.69) is 5.32 Å². The van der Waals surface area contributed by atoms with Crippen molar-refractivity contribution < 1.29 is 19.1 Å². The van der Waals surface area contributed by atoms with E-state index in [9.17, 15) is 9.59 Å². The van der Waals surface area contributed by atoms with Gasteiger partial charge in [0.2, 0.25) is 0 Å². The van der Waals surface area contributed by atoms with Crippen LogP contribution >= 0.6 is 0 Å².